The number of methoxy groups -OCH3 is 1. The van der Waals surface area contributed by atoms with Crippen LogP contribution >= 0.6 is 0 Å². The maximum absolute atomic E-state index is 10.4. The third kappa shape index (κ3) is 2.13. The normalized spacial score (nSPS) is 27.4. The predicted octanol–water partition coefficient (Wildman–Crippen LogP) is 2.61. The molecule has 1 aromatic rings. The van der Waals surface area contributed by atoms with Crippen LogP contribution in [0.3, 0.4) is 0 Å². The standard InChI is InChI=1S/C15H20O3/c1-17-12-6-7-13-10(9-12)5-8-14(15(13)16)18-11-3-2-4-11/h6-7,9,11,14-16H,2-5,8H2,1H3. The Morgan fingerprint density at radius 1 is 1.22 bits per heavy atom. The zero-order valence-electron chi connectivity index (χ0n) is 10.8. The summed E-state index contributed by atoms with van der Waals surface area (Å²) >= 11 is 0. The average molecular weight is 248 g/mol. The van der Waals surface area contributed by atoms with Gasteiger partial charge in [-0.2, -0.15) is 0 Å². The number of aryl methyl sites for hydroxylation is 1. The Bertz CT molecular complexity index is 426. The molecule has 2 atom stereocenters. The molecule has 0 aromatic heterocycles. The molecule has 0 aliphatic heterocycles. The van der Waals surface area contributed by atoms with Gasteiger partial charge in [-0.1, -0.05) is 6.07 Å². The summed E-state index contributed by atoms with van der Waals surface area (Å²) in [6.45, 7) is 0. The number of hydrogen-bond acceptors (Lipinski definition) is 3. The van der Waals surface area contributed by atoms with Crippen LogP contribution in [0.5, 0.6) is 5.75 Å². The van der Waals surface area contributed by atoms with Crippen LogP contribution in [0, 0.1) is 0 Å². The lowest BCUT2D eigenvalue weighted by Gasteiger charge is -2.36. The summed E-state index contributed by atoms with van der Waals surface area (Å²) in [5.41, 5.74) is 2.20. The Morgan fingerprint density at radius 2 is 2.06 bits per heavy atom. The topological polar surface area (TPSA) is 38.7 Å². The van der Waals surface area contributed by atoms with Gasteiger partial charge in [-0.3, -0.25) is 0 Å². The quantitative estimate of drug-likeness (QED) is 0.893. The second kappa shape index (κ2) is 4.90. The molecule has 0 saturated heterocycles. The van der Waals surface area contributed by atoms with Gasteiger partial charge in [0, 0.05) is 0 Å². The van der Waals surface area contributed by atoms with Crippen molar-refractivity contribution in [3.05, 3.63) is 29.3 Å². The van der Waals surface area contributed by atoms with Gasteiger partial charge in [0.1, 0.15) is 11.9 Å². The van der Waals surface area contributed by atoms with E-state index in [0.717, 1.165) is 37.0 Å². The van der Waals surface area contributed by atoms with Crippen molar-refractivity contribution >= 4 is 0 Å². The van der Waals surface area contributed by atoms with Crippen LogP contribution in [0.25, 0.3) is 0 Å². The molecular formula is C15H20O3. The Kier molecular flexibility index (Phi) is 3.27. The summed E-state index contributed by atoms with van der Waals surface area (Å²) in [7, 11) is 1.67. The monoisotopic (exact) mass is 248 g/mol. The molecule has 0 amide bonds. The van der Waals surface area contributed by atoms with Gasteiger partial charge in [0.25, 0.3) is 0 Å². The van der Waals surface area contributed by atoms with E-state index in [9.17, 15) is 5.11 Å². The maximum Gasteiger partial charge on any atom is 0.119 e. The van der Waals surface area contributed by atoms with Crippen molar-refractivity contribution in [2.45, 2.75) is 50.4 Å². The molecule has 3 nitrogen and oxygen atoms in total. The van der Waals surface area contributed by atoms with Crippen LogP contribution < -0.4 is 4.74 Å². The third-order valence-corrected chi connectivity index (χ3v) is 4.14. The Morgan fingerprint density at radius 3 is 2.72 bits per heavy atom. The average Bonchev–Trinajstić information content (AvgIpc) is 2.35. The molecule has 3 rings (SSSR count). The summed E-state index contributed by atoms with van der Waals surface area (Å²) in [5.74, 6) is 0.860. The highest BCUT2D eigenvalue weighted by Gasteiger charge is 2.32. The van der Waals surface area contributed by atoms with Gasteiger partial charge in [-0.15, -0.1) is 0 Å². The summed E-state index contributed by atoms with van der Waals surface area (Å²) in [4.78, 5) is 0. The second-order valence-corrected chi connectivity index (χ2v) is 5.28. The van der Waals surface area contributed by atoms with Crippen molar-refractivity contribution in [3.63, 3.8) is 0 Å². The highest BCUT2D eigenvalue weighted by atomic mass is 16.5. The molecule has 1 aromatic carbocycles. The van der Waals surface area contributed by atoms with Crippen LogP contribution in [-0.4, -0.2) is 24.4 Å². The van der Waals surface area contributed by atoms with Gasteiger partial charge in [-0.05, 0) is 55.4 Å². The Hall–Kier alpha value is -1.06. The summed E-state index contributed by atoms with van der Waals surface area (Å²) in [6.07, 6.45) is 5.29. The second-order valence-electron chi connectivity index (χ2n) is 5.28. The van der Waals surface area contributed by atoms with Crippen molar-refractivity contribution in [3.8, 4) is 5.75 Å². The van der Waals surface area contributed by atoms with Gasteiger partial charge in [0.15, 0.2) is 0 Å². The highest BCUT2D eigenvalue weighted by Crippen LogP contribution is 2.36. The van der Waals surface area contributed by atoms with Gasteiger partial charge in [-0.25, -0.2) is 0 Å². The van der Waals surface area contributed by atoms with E-state index < -0.39 is 6.10 Å². The molecule has 1 saturated carbocycles. The molecule has 0 radical (unpaired) electrons. The molecule has 2 aliphatic rings. The van der Waals surface area contributed by atoms with E-state index in [1.54, 1.807) is 7.11 Å². The fourth-order valence-corrected chi connectivity index (χ4v) is 2.77. The highest BCUT2D eigenvalue weighted by molar-refractivity contribution is 5.39. The van der Waals surface area contributed by atoms with Gasteiger partial charge < -0.3 is 14.6 Å². The predicted molar refractivity (Wildman–Crippen MR) is 68.8 cm³/mol. The zero-order chi connectivity index (χ0) is 12.5. The molecule has 18 heavy (non-hydrogen) atoms. The smallest absolute Gasteiger partial charge is 0.119 e. The van der Waals surface area contributed by atoms with E-state index in [4.69, 9.17) is 9.47 Å². The van der Waals surface area contributed by atoms with E-state index in [-0.39, 0.29) is 6.10 Å². The van der Waals surface area contributed by atoms with E-state index >= 15 is 0 Å². The number of aliphatic hydroxyl groups excluding tert-OH is 1. The van der Waals surface area contributed by atoms with E-state index in [0.29, 0.717) is 6.10 Å². The van der Waals surface area contributed by atoms with Crippen LogP contribution in [0.15, 0.2) is 18.2 Å². The van der Waals surface area contributed by atoms with Crippen molar-refractivity contribution < 1.29 is 14.6 Å². The van der Waals surface area contributed by atoms with Crippen molar-refractivity contribution in [1.29, 1.82) is 0 Å². The molecule has 1 fully saturated rings. The van der Waals surface area contributed by atoms with Gasteiger partial charge in [0.2, 0.25) is 0 Å². The minimum atomic E-state index is -0.486. The van der Waals surface area contributed by atoms with Crippen LogP contribution in [0.2, 0.25) is 0 Å². The summed E-state index contributed by atoms with van der Waals surface area (Å²) < 4.78 is 11.2. The van der Waals surface area contributed by atoms with E-state index in [2.05, 4.69) is 0 Å². The summed E-state index contributed by atoms with van der Waals surface area (Å²) in [5, 5.41) is 10.4. The lowest BCUT2D eigenvalue weighted by atomic mass is 9.86. The largest absolute Gasteiger partial charge is 0.497 e. The first kappa shape index (κ1) is 12.0. The van der Waals surface area contributed by atoms with Gasteiger partial charge in [0.05, 0.1) is 19.3 Å². The molecule has 2 aliphatic carbocycles. The Labute approximate surface area is 108 Å². The minimum Gasteiger partial charge on any atom is -0.497 e. The molecule has 0 heterocycles. The fourth-order valence-electron chi connectivity index (χ4n) is 2.77. The number of rotatable bonds is 3. The first-order chi connectivity index (χ1) is 8.78. The van der Waals surface area contributed by atoms with Crippen molar-refractivity contribution in [2.24, 2.45) is 0 Å². The third-order valence-electron chi connectivity index (χ3n) is 4.14. The Balaban J connectivity index is 1.76. The van der Waals surface area contributed by atoms with Crippen LogP contribution in [0.1, 0.15) is 42.9 Å². The van der Waals surface area contributed by atoms with Crippen molar-refractivity contribution in [2.75, 3.05) is 7.11 Å². The lowest BCUT2D eigenvalue weighted by molar-refractivity contribution is -0.109. The SMILES string of the molecule is COc1ccc2c(c1)CCC(OC1CCC1)C2O. The number of hydrogen-bond donors (Lipinski definition) is 1. The molecule has 0 spiro atoms. The number of benzene rings is 1. The van der Waals surface area contributed by atoms with Crippen LogP contribution in [0.4, 0.5) is 0 Å². The molecule has 98 valence electrons. The van der Waals surface area contributed by atoms with E-state index in [1.165, 1.54) is 12.0 Å². The minimum absolute atomic E-state index is 0.0313. The molecule has 3 heteroatoms. The lowest BCUT2D eigenvalue weighted by Crippen LogP contribution is -2.34. The molecule has 1 N–H and O–H groups in total. The summed E-state index contributed by atoms with van der Waals surface area (Å²) in [6, 6.07) is 5.90. The maximum atomic E-state index is 10.4. The van der Waals surface area contributed by atoms with Crippen molar-refractivity contribution in [1.82, 2.24) is 0 Å². The zero-order valence-corrected chi connectivity index (χ0v) is 10.8. The molecular weight excluding hydrogens is 228 g/mol. The first-order valence-corrected chi connectivity index (χ1v) is 6.78. The van der Waals surface area contributed by atoms with E-state index in [1.807, 2.05) is 18.2 Å². The number of fused-ring (bicyclic) bond motifs is 1. The molecule has 2 unspecified atom stereocenters. The number of aliphatic hydroxyl groups is 1. The fraction of sp³-hybridized carbons (Fsp3) is 0.600. The van der Waals surface area contributed by atoms with Gasteiger partial charge >= 0.3 is 0 Å². The molecule has 0 bridgehead atoms. The number of ether oxygens (including phenoxy) is 2. The first-order valence-electron chi connectivity index (χ1n) is 6.78. The van der Waals surface area contributed by atoms with Crippen LogP contribution in [-0.2, 0) is 11.2 Å².